The summed E-state index contributed by atoms with van der Waals surface area (Å²) in [6.45, 7) is 4.49. The molecule has 25 heavy (non-hydrogen) atoms. The maximum atomic E-state index is 12.3. The largest absolute Gasteiger partial charge is 0.462 e. The smallest absolute Gasteiger partial charge is 0.339 e. The van der Waals surface area contributed by atoms with E-state index in [2.05, 4.69) is 9.88 Å². The number of pyridine rings is 1. The zero-order valence-corrected chi connectivity index (χ0v) is 14.5. The van der Waals surface area contributed by atoms with Crippen LogP contribution >= 0.6 is 11.6 Å². The van der Waals surface area contributed by atoms with E-state index in [-0.39, 0.29) is 22.9 Å². The van der Waals surface area contributed by atoms with E-state index in [1.165, 1.54) is 6.20 Å². The summed E-state index contributed by atoms with van der Waals surface area (Å²) >= 11 is 5.71. The van der Waals surface area contributed by atoms with Crippen molar-refractivity contribution in [2.24, 2.45) is 0 Å². The van der Waals surface area contributed by atoms with E-state index in [0.29, 0.717) is 38.3 Å². The third-order valence-electron chi connectivity index (χ3n) is 3.93. The highest BCUT2D eigenvalue weighted by molar-refractivity contribution is 6.29. The summed E-state index contributed by atoms with van der Waals surface area (Å²) in [5.74, 6) is 0.461. The molecule has 0 atom stereocenters. The summed E-state index contributed by atoms with van der Waals surface area (Å²) < 4.78 is 10.1. The van der Waals surface area contributed by atoms with Gasteiger partial charge in [0.25, 0.3) is 5.91 Å². The van der Waals surface area contributed by atoms with Crippen molar-refractivity contribution in [1.82, 2.24) is 9.88 Å². The number of hydrogen-bond donors (Lipinski definition) is 0. The van der Waals surface area contributed by atoms with Crippen molar-refractivity contribution in [2.75, 3.05) is 37.7 Å². The number of anilines is 1. The molecule has 0 bridgehead atoms. The molecule has 3 heterocycles. The molecule has 0 aromatic carbocycles. The summed E-state index contributed by atoms with van der Waals surface area (Å²) in [5.41, 5.74) is 0.425. The first-order valence-electron chi connectivity index (χ1n) is 8.01. The van der Waals surface area contributed by atoms with Gasteiger partial charge < -0.3 is 19.0 Å². The van der Waals surface area contributed by atoms with Crippen molar-refractivity contribution < 1.29 is 18.7 Å². The van der Waals surface area contributed by atoms with Crippen molar-refractivity contribution in [1.29, 1.82) is 0 Å². The molecule has 0 spiro atoms. The highest BCUT2D eigenvalue weighted by Gasteiger charge is 2.24. The van der Waals surface area contributed by atoms with Crippen LogP contribution in [-0.4, -0.2) is 54.5 Å². The first-order chi connectivity index (χ1) is 12.1. The van der Waals surface area contributed by atoms with E-state index in [1.54, 1.807) is 36.1 Å². The monoisotopic (exact) mass is 363 g/mol. The minimum absolute atomic E-state index is 0.169. The zero-order chi connectivity index (χ0) is 17.8. The van der Waals surface area contributed by atoms with Gasteiger partial charge in [-0.3, -0.25) is 4.79 Å². The molecule has 132 valence electrons. The molecular formula is C17H18ClN3O4. The molecular weight excluding hydrogens is 346 g/mol. The van der Waals surface area contributed by atoms with Gasteiger partial charge in [0.1, 0.15) is 5.82 Å². The predicted molar refractivity (Wildman–Crippen MR) is 92.0 cm³/mol. The van der Waals surface area contributed by atoms with E-state index in [0.717, 1.165) is 5.82 Å². The van der Waals surface area contributed by atoms with Crippen LogP contribution in [0.4, 0.5) is 5.82 Å². The fourth-order valence-electron chi connectivity index (χ4n) is 2.63. The maximum absolute atomic E-state index is 12.3. The Bertz CT molecular complexity index is 752. The third-order valence-corrected chi connectivity index (χ3v) is 4.14. The van der Waals surface area contributed by atoms with E-state index >= 15 is 0 Å². The van der Waals surface area contributed by atoms with Gasteiger partial charge in [-0.2, -0.15) is 0 Å². The minimum Gasteiger partial charge on any atom is -0.462 e. The van der Waals surface area contributed by atoms with E-state index in [1.807, 2.05) is 0 Å². The van der Waals surface area contributed by atoms with Gasteiger partial charge in [-0.05, 0) is 42.8 Å². The SMILES string of the molecule is CCOC(=O)c1ccc(N2CCN(C(=O)c3ccc(Cl)o3)CC2)nc1. The number of halogens is 1. The van der Waals surface area contributed by atoms with Crippen LogP contribution in [0.3, 0.4) is 0 Å². The molecule has 1 amide bonds. The molecule has 0 radical (unpaired) electrons. The predicted octanol–water partition coefficient (Wildman–Crippen LogP) is 2.47. The van der Waals surface area contributed by atoms with Crippen molar-refractivity contribution in [2.45, 2.75) is 6.92 Å². The molecule has 1 saturated heterocycles. The summed E-state index contributed by atoms with van der Waals surface area (Å²) in [7, 11) is 0. The molecule has 1 aliphatic heterocycles. The normalized spacial score (nSPS) is 14.5. The van der Waals surface area contributed by atoms with Crippen molar-refractivity contribution in [3.05, 3.63) is 47.0 Å². The van der Waals surface area contributed by atoms with Crippen molar-refractivity contribution in [3.63, 3.8) is 0 Å². The number of ether oxygens (including phenoxy) is 1. The van der Waals surface area contributed by atoms with Crippen LogP contribution in [0.25, 0.3) is 0 Å². The second-order valence-electron chi connectivity index (χ2n) is 5.51. The number of carbonyl (C=O) groups is 2. The van der Waals surface area contributed by atoms with Gasteiger partial charge >= 0.3 is 5.97 Å². The number of rotatable bonds is 4. The molecule has 2 aromatic heterocycles. The molecule has 2 aromatic rings. The lowest BCUT2D eigenvalue weighted by molar-refractivity contribution is 0.0525. The Labute approximate surface area is 150 Å². The van der Waals surface area contributed by atoms with Crippen LogP contribution in [0.1, 0.15) is 27.8 Å². The van der Waals surface area contributed by atoms with Crippen LogP contribution in [0.15, 0.2) is 34.9 Å². The number of aromatic nitrogens is 1. The Morgan fingerprint density at radius 1 is 1.20 bits per heavy atom. The number of hydrogen-bond acceptors (Lipinski definition) is 6. The van der Waals surface area contributed by atoms with Gasteiger partial charge in [0, 0.05) is 32.4 Å². The molecule has 7 nitrogen and oxygen atoms in total. The third kappa shape index (κ3) is 3.93. The van der Waals surface area contributed by atoms with Gasteiger partial charge in [-0.25, -0.2) is 9.78 Å². The number of amides is 1. The van der Waals surface area contributed by atoms with Gasteiger partial charge in [0.05, 0.1) is 12.2 Å². The summed E-state index contributed by atoms with van der Waals surface area (Å²) in [4.78, 5) is 32.1. The van der Waals surface area contributed by atoms with Gasteiger partial charge in [-0.15, -0.1) is 0 Å². The maximum Gasteiger partial charge on any atom is 0.339 e. The Morgan fingerprint density at radius 3 is 2.52 bits per heavy atom. The number of nitrogens with zero attached hydrogens (tertiary/aromatic N) is 3. The second kappa shape index (κ2) is 7.57. The molecule has 0 N–H and O–H groups in total. The van der Waals surface area contributed by atoms with E-state index < -0.39 is 0 Å². The van der Waals surface area contributed by atoms with Crippen LogP contribution in [-0.2, 0) is 4.74 Å². The summed E-state index contributed by atoms with van der Waals surface area (Å²) in [6.07, 6.45) is 1.51. The molecule has 0 saturated carbocycles. The van der Waals surface area contributed by atoms with Gasteiger partial charge in [-0.1, -0.05) is 0 Å². The number of carbonyl (C=O) groups excluding carboxylic acids is 2. The van der Waals surface area contributed by atoms with Gasteiger partial charge in [0.15, 0.2) is 11.0 Å². The van der Waals surface area contributed by atoms with Crippen LogP contribution in [0.5, 0.6) is 0 Å². The minimum atomic E-state index is -0.380. The molecule has 1 fully saturated rings. The Balaban J connectivity index is 1.58. The van der Waals surface area contributed by atoms with Crippen LogP contribution < -0.4 is 4.90 Å². The Kier molecular flexibility index (Phi) is 5.23. The first-order valence-corrected chi connectivity index (χ1v) is 8.39. The molecule has 0 unspecified atom stereocenters. The lowest BCUT2D eigenvalue weighted by Crippen LogP contribution is -2.49. The fourth-order valence-corrected chi connectivity index (χ4v) is 2.78. The summed E-state index contributed by atoms with van der Waals surface area (Å²) in [6, 6.07) is 6.62. The lowest BCUT2D eigenvalue weighted by atomic mass is 10.2. The highest BCUT2D eigenvalue weighted by Crippen LogP contribution is 2.18. The topological polar surface area (TPSA) is 75.9 Å². The lowest BCUT2D eigenvalue weighted by Gasteiger charge is -2.35. The van der Waals surface area contributed by atoms with Crippen LogP contribution in [0, 0.1) is 0 Å². The Morgan fingerprint density at radius 2 is 1.96 bits per heavy atom. The number of furan rings is 1. The quantitative estimate of drug-likeness (QED) is 0.777. The zero-order valence-electron chi connectivity index (χ0n) is 13.8. The summed E-state index contributed by atoms with van der Waals surface area (Å²) in [5, 5.41) is 0.202. The van der Waals surface area contributed by atoms with Gasteiger partial charge in [0.2, 0.25) is 0 Å². The Hall–Kier alpha value is -2.54. The molecule has 8 heteroatoms. The molecule has 1 aliphatic rings. The molecule has 0 aliphatic carbocycles. The average Bonchev–Trinajstić information content (AvgIpc) is 3.08. The van der Waals surface area contributed by atoms with E-state index in [4.69, 9.17) is 20.8 Å². The van der Waals surface area contributed by atoms with E-state index in [9.17, 15) is 9.59 Å². The second-order valence-corrected chi connectivity index (χ2v) is 5.88. The average molecular weight is 364 g/mol. The first kappa shape index (κ1) is 17.3. The fraction of sp³-hybridized carbons (Fsp3) is 0.353. The number of esters is 1. The standard InChI is InChI=1S/C17H18ClN3O4/c1-2-24-17(23)12-3-6-15(19-11-12)20-7-9-21(10-8-20)16(22)13-4-5-14(18)25-13/h3-6,11H,2,7-10H2,1H3. The highest BCUT2D eigenvalue weighted by atomic mass is 35.5. The van der Waals surface area contributed by atoms with Crippen molar-refractivity contribution in [3.8, 4) is 0 Å². The van der Waals surface area contributed by atoms with Crippen molar-refractivity contribution >= 4 is 29.3 Å². The van der Waals surface area contributed by atoms with Crippen LogP contribution in [0.2, 0.25) is 5.22 Å². The number of piperazine rings is 1. The molecule has 3 rings (SSSR count).